The number of amides is 1. The minimum atomic E-state index is -0.236. The van der Waals surface area contributed by atoms with E-state index in [1.807, 2.05) is 6.92 Å². The molecule has 0 aliphatic rings. The number of halogens is 3. The number of hydrogen-bond acceptors (Lipinski definition) is 3. The smallest absolute Gasteiger partial charge is 0.270 e. The van der Waals surface area contributed by atoms with Crippen molar-refractivity contribution in [1.29, 1.82) is 0 Å². The van der Waals surface area contributed by atoms with Crippen LogP contribution < -0.4 is 11.1 Å². The van der Waals surface area contributed by atoms with Crippen LogP contribution in [-0.2, 0) is 0 Å². The van der Waals surface area contributed by atoms with Gasteiger partial charge in [0.25, 0.3) is 5.91 Å². The molecule has 0 aromatic carbocycles. The summed E-state index contributed by atoms with van der Waals surface area (Å²) in [6, 6.07) is 3.14. The second-order valence-corrected chi connectivity index (χ2v) is 3.41. The SMILES string of the molecule is C[C@@H](CN)NC(=O)c1ccc(Cl)cn1.Cl.Cl. The van der Waals surface area contributed by atoms with E-state index in [4.69, 9.17) is 17.3 Å². The average Bonchev–Trinajstić information content (AvgIpc) is 2.18. The number of nitrogens with one attached hydrogen (secondary N) is 1. The second-order valence-electron chi connectivity index (χ2n) is 2.97. The van der Waals surface area contributed by atoms with Crippen LogP contribution in [0, 0.1) is 0 Å². The van der Waals surface area contributed by atoms with Crippen LogP contribution in [-0.4, -0.2) is 23.5 Å². The Labute approximate surface area is 112 Å². The molecule has 0 unspecified atom stereocenters. The topological polar surface area (TPSA) is 68.0 Å². The van der Waals surface area contributed by atoms with Gasteiger partial charge in [-0.2, -0.15) is 0 Å². The first kappa shape index (κ1) is 17.8. The molecule has 0 bridgehead atoms. The van der Waals surface area contributed by atoms with E-state index in [0.29, 0.717) is 17.3 Å². The summed E-state index contributed by atoms with van der Waals surface area (Å²) in [7, 11) is 0. The third kappa shape index (κ3) is 5.51. The Morgan fingerprint density at radius 1 is 1.56 bits per heavy atom. The minimum Gasteiger partial charge on any atom is -0.347 e. The zero-order valence-corrected chi connectivity index (χ0v) is 11.0. The molecular formula is C9H14Cl3N3O. The summed E-state index contributed by atoms with van der Waals surface area (Å²) in [6.07, 6.45) is 1.43. The zero-order valence-electron chi connectivity index (χ0n) is 8.64. The number of pyridine rings is 1. The molecule has 1 aromatic heterocycles. The molecule has 1 amide bonds. The molecule has 1 atom stereocenters. The van der Waals surface area contributed by atoms with Gasteiger partial charge in [0.05, 0.1) is 5.02 Å². The van der Waals surface area contributed by atoms with Gasteiger partial charge in [0, 0.05) is 18.8 Å². The lowest BCUT2D eigenvalue weighted by Gasteiger charge is -2.10. The molecule has 0 fully saturated rings. The Morgan fingerprint density at radius 3 is 2.62 bits per heavy atom. The largest absolute Gasteiger partial charge is 0.347 e. The number of nitrogens with two attached hydrogens (primary N) is 1. The van der Waals surface area contributed by atoms with Crippen molar-refractivity contribution in [3.63, 3.8) is 0 Å². The number of aromatic nitrogens is 1. The average molecular weight is 287 g/mol. The summed E-state index contributed by atoms with van der Waals surface area (Å²) in [5.41, 5.74) is 5.71. The molecule has 92 valence electrons. The predicted molar refractivity (Wildman–Crippen MR) is 69.7 cm³/mol. The Bertz CT molecular complexity index is 318. The van der Waals surface area contributed by atoms with E-state index >= 15 is 0 Å². The summed E-state index contributed by atoms with van der Waals surface area (Å²) in [6.45, 7) is 2.23. The third-order valence-electron chi connectivity index (χ3n) is 1.69. The molecule has 1 heterocycles. The molecule has 16 heavy (non-hydrogen) atoms. The van der Waals surface area contributed by atoms with Gasteiger partial charge in [0.2, 0.25) is 0 Å². The molecule has 7 heteroatoms. The lowest BCUT2D eigenvalue weighted by atomic mass is 10.3. The Kier molecular flexibility index (Phi) is 9.57. The van der Waals surface area contributed by atoms with Crippen molar-refractivity contribution in [3.8, 4) is 0 Å². The number of carbonyl (C=O) groups is 1. The molecule has 3 N–H and O–H groups in total. The Balaban J connectivity index is 0. The molecule has 0 saturated heterocycles. The van der Waals surface area contributed by atoms with E-state index in [-0.39, 0.29) is 36.8 Å². The van der Waals surface area contributed by atoms with Gasteiger partial charge in [-0.1, -0.05) is 11.6 Å². The summed E-state index contributed by atoms with van der Waals surface area (Å²) in [5, 5.41) is 3.20. The van der Waals surface area contributed by atoms with Crippen molar-refractivity contribution in [2.75, 3.05) is 6.54 Å². The number of carbonyl (C=O) groups excluding carboxylic acids is 1. The van der Waals surface area contributed by atoms with Crippen molar-refractivity contribution >= 4 is 42.3 Å². The normalized spacial score (nSPS) is 10.7. The molecule has 1 rings (SSSR count). The van der Waals surface area contributed by atoms with Gasteiger partial charge in [-0.25, -0.2) is 4.98 Å². The van der Waals surface area contributed by atoms with Gasteiger partial charge < -0.3 is 11.1 Å². The molecule has 1 aromatic rings. The number of nitrogens with zero attached hydrogens (tertiary/aromatic N) is 1. The van der Waals surface area contributed by atoms with Gasteiger partial charge in [0.1, 0.15) is 5.69 Å². The maximum Gasteiger partial charge on any atom is 0.270 e. The van der Waals surface area contributed by atoms with E-state index in [2.05, 4.69) is 10.3 Å². The van der Waals surface area contributed by atoms with Crippen LogP contribution in [0.15, 0.2) is 18.3 Å². The highest BCUT2D eigenvalue weighted by molar-refractivity contribution is 6.30. The van der Waals surface area contributed by atoms with Gasteiger partial charge in [0.15, 0.2) is 0 Å². The Morgan fingerprint density at radius 2 is 2.19 bits per heavy atom. The number of hydrogen-bond donors (Lipinski definition) is 2. The molecule has 4 nitrogen and oxygen atoms in total. The monoisotopic (exact) mass is 285 g/mol. The van der Waals surface area contributed by atoms with E-state index in [1.165, 1.54) is 6.20 Å². The highest BCUT2D eigenvalue weighted by Crippen LogP contribution is 2.05. The fourth-order valence-corrected chi connectivity index (χ4v) is 0.979. The predicted octanol–water partition coefficient (Wildman–Crippen LogP) is 1.66. The van der Waals surface area contributed by atoms with Gasteiger partial charge in [-0.05, 0) is 19.1 Å². The molecular weight excluding hydrogens is 272 g/mol. The maximum absolute atomic E-state index is 11.5. The van der Waals surface area contributed by atoms with E-state index in [1.54, 1.807) is 12.1 Å². The van der Waals surface area contributed by atoms with Gasteiger partial charge in [-0.3, -0.25) is 4.79 Å². The summed E-state index contributed by atoms with van der Waals surface area (Å²) in [5.74, 6) is -0.236. The van der Waals surface area contributed by atoms with Crippen LogP contribution in [0.5, 0.6) is 0 Å². The van der Waals surface area contributed by atoms with Crippen molar-refractivity contribution in [2.45, 2.75) is 13.0 Å². The van der Waals surface area contributed by atoms with E-state index in [9.17, 15) is 4.79 Å². The molecule has 0 radical (unpaired) electrons. The van der Waals surface area contributed by atoms with Crippen molar-refractivity contribution in [1.82, 2.24) is 10.3 Å². The summed E-state index contributed by atoms with van der Waals surface area (Å²) in [4.78, 5) is 15.3. The van der Waals surface area contributed by atoms with Gasteiger partial charge >= 0.3 is 0 Å². The zero-order chi connectivity index (χ0) is 10.6. The third-order valence-corrected chi connectivity index (χ3v) is 1.91. The fourth-order valence-electron chi connectivity index (χ4n) is 0.867. The van der Waals surface area contributed by atoms with E-state index in [0.717, 1.165) is 0 Å². The first-order chi connectivity index (χ1) is 6.63. The fraction of sp³-hybridized carbons (Fsp3) is 0.333. The minimum absolute atomic E-state index is 0. The first-order valence-corrected chi connectivity index (χ1v) is 4.63. The van der Waals surface area contributed by atoms with Crippen LogP contribution in [0.2, 0.25) is 5.02 Å². The molecule has 0 aliphatic heterocycles. The van der Waals surface area contributed by atoms with Crippen LogP contribution >= 0.6 is 36.4 Å². The molecule has 0 saturated carbocycles. The second kappa shape index (κ2) is 8.58. The lowest BCUT2D eigenvalue weighted by molar-refractivity contribution is 0.0936. The lowest BCUT2D eigenvalue weighted by Crippen LogP contribution is -2.38. The van der Waals surface area contributed by atoms with Crippen LogP contribution in [0.25, 0.3) is 0 Å². The van der Waals surface area contributed by atoms with Gasteiger partial charge in [-0.15, -0.1) is 24.8 Å². The summed E-state index contributed by atoms with van der Waals surface area (Å²) >= 11 is 5.64. The standard InChI is InChI=1S/C9H12ClN3O.2ClH/c1-6(4-11)13-9(14)8-3-2-7(10)5-12-8;;/h2-3,5-6H,4,11H2,1H3,(H,13,14);2*1H/t6-;;/m0../s1. The van der Waals surface area contributed by atoms with Crippen molar-refractivity contribution < 1.29 is 4.79 Å². The molecule has 0 spiro atoms. The van der Waals surface area contributed by atoms with Crippen LogP contribution in [0.3, 0.4) is 0 Å². The van der Waals surface area contributed by atoms with Crippen molar-refractivity contribution in [3.05, 3.63) is 29.0 Å². The molecule has 0 aliphatic carbocycles. The first-order valence-electron chi connectivity index (χ1n) is 4.26. The maximum atomic E-state index is 11.5. The van der Waals surface area contributed by atoms with Crippen molar-refractivity contribution in [2.24, 2.45) is 5.73 Å². The van der Waals surface area contributed by atoms with Crippen LogP contribution in [0.4, 0.5) is 0 Å². The Hall–Kier alpha value is -0.550. The number of rotatable bonds is 3. The summed E-state index contributed by atoms with van der Waals surface area (Å²) < 4.78 is 0. The quantitative estimate of drug-likeness (QED) is 0.888. The van der Waals surface area contributed by atoms with Crippen LogP contribution in [0.1, 0.15) is 17.4 Å². The van der Waals surface area contributed by atoms with E-state index < -0.39 is 0 Å². The highest BCUT2D eigenvalue weighted by atomic mass is 35.5. The highest BCUT2D eigenvalue weighted by Gasteiger charge is 2.08.